The zero-order valence-electron chi connectivity index (χ0n) is 11.1. The Morgan fingerprint density at radius 3 is 2.80 bits per heavy atom. The van der Waals surface area contributed by atoms with Gasteiger partial charge in [0.25, 0.3) is 0 Å². The molecule has 6 nitrogen and oxygen atoms in total. The van der Waals surface area contributed by atoms with Crippen LogP contribution in [-0.4, -0.2) is 32.4 Å². The molecule has 0 saturated heterocycles. The molecule has 0 aliphatic rings. The van der Waals surface area contributed by atoms with E-state index in [0.717, 1.165) is 5.69 Å². The van der Waals surface area contributed by atoms with Crippen molar-refractivity contribution in [1.82, 2.24) is 14.8 Å². The van der Waals surface area contributed by atoms with E-state index < -0.39 is 5.97 Å². The van der Waals surface area contributed by atoms with Crippen LogP contribution in [0.4, 0.5) is 0 Å². The molecule has 1 N–H and O–H groups in total. The molecule has 0 aliphatic carbocycles. The molecule has 0 fully saturated rings. The zero-order valence-corrected chi connectivity index (χ0v) is 11.1. The standard InChI is InChI=1S/C14H15N3O3/c1-2-11(13(18)19)8-9-20-14-15-10-17(16-14)12-6-4-3-5-7-12/h3-8,10H,2,9H2,1H3,(H,18,19)/b11-8-. The molecule has 1 aromatic heterocycles. The molecule has 0 saturated carbocycles. The van der Waals surface area contributed by atoms with Gasteiger partial charge in [-0.1, -0.05) is 25.1 Å². The molecular weight excluding hydrogens is 258 g/mol. The minimum absolute atomic E-state index is 0.133. The number of carbonyl (C=O) groups is 1. The topological polar surface area (TPSA) is 77.2 Å². The minimum atomic E-state index is -0.932. The lowest BCUT2D eigenvalue weighted by Crippen LogP contribution is -2.03. The maximum atomic E-state index is 10.8. The summed E-state index contributed by atoms with van der Waals surface area (Å²) in [6.45, 7) is 1.91. The van der Waals surface area contributed by atoms with Crippen molar-refractivity contribution >= 4 is 5.97 Å². The number of carboxylic acid groups (broad SMARTS) is 1. The highest BCUT2D eigenvalue weighted by Gasteiger charge is 2.05. The Labute approximate surface area is 116 Å². The molecule has 0 bridgehead atoms. The summed E-state index contributed by atoms with van der Waals surface area (Å²) >= 11 is 0. The third-order valence-corrected chi connectivity index (χ3v) is 2.69. The van der Waals surface area contributed by atoms with Gasteiger partial charge in [-0.25, -0.2) is 9.48 Å². The molecule has 0 atom stereocenters. The largest absolute Gasteiger partial charge is 0.478 e. The van der Waals surface area contributed by atoms with Crippen LogP contribution in [0.15, 0.2) is 48.3 Å². The van der Waals surface area contributed by atoms with Crippen LogP contribution in [0.3, 0.4) is 0 Å². The van der Waals surface area contributed by atoms with E-state index in [4.69, 9.17) is 9.84 Å². The average Bonchev–Trinajstić information content (AvgIpc) is 2.93. The third-order valence-electron chi connectivity index (χ3n) is 2.69. The summed E-state index contributed by atoms with van der Waals surface area (Å²) in [6, 6.07) is 9.74. The molecule has 0 spiro atoms. The molecule has 0 aliphatic heterocycles. The lowest BCUT2D eigenvalue weighted by Gasteiger charge is -2.00. The van der Waals surface area contributed by atoms with Crippen LogP contribution in [0, 0.1) is 0 Å². The summed E-state index contributed by atoms with van der Waals surface area (Å²) in [7, 11) is 0. The highest BCUT2D eigenvalue weighted by Crippen LogP contribution is 2.08. The van der Waals surface area contributed by atoms with Crippen LogP contribution < -0.4 is 4.74 Å². The number of ether oxygens (including phenoxy) is 1. The van der Waals surface area contributed by atoms with E-state index in [0.29, 0.717) is 12.0 Å². The number of aliphatic carboxylic acids is 1. The fourth-order valence-corrected chi connectivity index (χ4v) is 1.62. The Bertz CT molecular complexity index is 605. The molecule has 0 unspecified atom stereocenters. The van der Waals surface area contributed by atoms with Crippen molar-refractivity contribution in [2.24, 2.45) is 0 Å². The van der Waals surface area contributed by atoms with Crippen molar-refractivity contribution in [2.45, 2.75) is 13.3 Å². The molecule has 2 aromatic rings. The maximum absolute atomic E-state index is 10.8. The van der Waals surface area contributed by atoms with E-state index >= 15 is 0 Å². The number of aromatic nitrogens is 3. The summed E-state index contributed by atoms with van der Waals surface area (Å²) in [5.74, 6) is -0.932. The van der Waals surface area contributed by atoms with Gasteiger partial charge < -0.3 is 9.84 Å². The van der Waals surface area contributed by atoms with Gasteiger partial charge in [0.2, 0.25) is 0 Å². The molecule has 104 valence electrons. The smallest absolute Gasteiger partial charge is 0.336 e. The van der Waals surface area contributed by atoms with Crippen molar-refractivity contribution < 1.29 is 14.6 Å². The summed E-state index contributed by atoms with van der Waals surface area (Å²) in [5.41, 5.74) is 1.19. The van der Waals surface area contributed by atoms with E-state index in [-0.39, 0.29) is 12.6 Å². The van der Waals surface area contributed by atoms with E-state index in [9.17, 15) is 4.79 Å². The number of para-hydroxylation sites is 1. The van der Waals surface area contributed by atoms with Gasteiger partial charge in [0, 0.05) is 5.57 Å². The van der Waals surface area contributed by atoms with Gasteiger partial charge in [-0.2, -0.15) is 4.98 Å². The molecule has 6 heteroatoms. The minimum Gasteiger partial charge on any atom is -0.478 e. The second kappa shape index (κ2) is 6.51. The Kier molecular flexibility index (Phi) is 4.49. The monoisotopic (exact) mass is 273 g/mol. The predicted molar refractivity (Wildman–Crippen MR) is 72.9 cm³/mol. The maximum Gasteiger partial charge on any atom is 0.336 e. The van der Waals surface area contributed by atoms with Crippen LogP contribution in [0.2, 0.25) is 0 Å². The van der Waals surface area contributed by atoms with Crippen molar-refractivity contribution in [3.05, 3.63) is 48.3 Å². The van der Waals surface area contributed by atoms with Gasteiger partial charge >= 0.3 is 12.0 Å². The average molecular weight is 273 g/mol. The second-order valence-electron chi connectivity index (χ2n) is 4.01. The van der Waals surface area contributed by atoms with Crippen LogP contribution in [0.25, 0.3) is 5.69 Å². The molecule has 0 radical (unpaired) electrons. The first-order valence-electron chi connectivity index (χ1n) is 6.23. The highest BCUT2D eigenvalue weighted by atomic mass is 16.5. The highest BCUT2D eigenvalue weighted by molar-refractivity contribution is 5.86. The van der Waals surface area contributed by atoms with Gasteiger partial charge in [0.05, 0.1) is 5.69 Å². The number of hydrogen-bond donors (Lipinski definition) is 1. The van der Waals surface area contributed by atoms with Crippen molar-refractivity contribution in [1.29, 1.82) is 0 Å². The van der Waals surface area contributed by atoms with Gasteiger partial charge in [-0.15, -0.1) is 5.10 Å². The fraction of sp³-hybridized carbons (Fsp3) is 0.214. The first kappa shape index (κ1) is 13.8. The number of rotatable bonds is 6. The molecule has 1 aromatic carbocycles. The second-order valence-corrected chi connectivity index (χ2v) is 4.01. The lowest BCUT2D eigenvalue weighted by atomic mass is 10.2. The number of hydrogen-bond acceptors (Lipinski definition) is 4. The lowest BCUT2D eigenvalue weighted by molar-refractivity contribution is -0.132. The van der Waals surface area contributed by atoms with E-state index in [1.807, 2.05) is 30.3 Å². The summed E-state index contributed by atoms with van der Waals surface area (Å²) in [5, 5.41) is 13.0. The van der Waals surface area contributed by atoms with Crippen molar-refractivity contribution in [3.63, 3.8) is 0 Å². The Hall–Kier alpha value is -2.63. The van der Waals surface area contributed by atoms with Crippen LogP contribution in [0.5, 0.6) is 6.01 Å². The number of nitrogens with zero attached hydrogens (tertiary/aromatic N) is 3. The summed E-state index contributed by atoms with van der Waals surface area (Å²) < 4.78 is 6.90. The van der Waals surface area contributed by atoms with Crippen molar-refractivity contribution in [3.8, 4) is 11.7 Å². The number of benzene rings is 1. The third kappa shape index (κ3) is 3.44. The van der Waals surface area contributed by atoms with Crippen LogP contribution >= 0.6 is 0 Å². The summed E-state index contributed by atoms with van der Waals surface area (Å²) in [6.07, 6.45) is 3.52. The van der Waals surface area contributed by atoms with Gasteiger partial charge in [0.1, 0.15) is 12.9 Å². The molecule has 0 amide bonds. The van der Waals surface area contributed by atoms with Gasteiger partial charge in [-0.3, -0.25) is 0 Å². The fourth-order valence-electron chi connectivity index (χ4n) is 1.62. The molecule has 2 rings (SSSR count). The van der Waals surface area contributed by atoms with E-state index in [1.165, 1.54) is 6.08 Å². The molecule has 20 heavy (non-hydrogen) atoms. The first-order chi connectivity index (χ1) is 9.70. The van der Waals surface area contributed by atoms with Crippen LogP contribution in [0.1, 0.15) is 13.3 Å². The number of carboxylic acids is 1. The Morgan fingerprint density at radius 2 is 2.15 bits per heavy atom. The normalized spacial score (nSPS) is 11.3. The Morgan fingerprint density at radius 1 is 1.40 bits per heavy atom. The zero-order chi connectivity index (χ0) is 14.4. The molecule has 1 heterocycles. The summed E-state index contributed by atoms with van der Waals surface area (Å²) in [4.78, 5) is 14.8. The SMILES string of the molecule is CC/C(=C/COc1ncn(-c2ccccc2)n1)C(=O)O. The van der Waals surface area contributed by atoms with Crippen molar-refractivity contribution in [2.75, 3.05) is 6.61 Å². The predicted octanol–water partition coefficient (Wildman–Crippen LogP) is 2.07. The van der Waals surface area contributed by atoms with Gasteiger partial charge in [-0.05, 0) is 24.6 Å². The van der Waals surface area contributed by atoms with E-state index in [1.54, 1.807) is 17.9 Å². The van der Waals surface area contributed by atoms with Gasteiger partial charge in [0.15, 0.2) is 0 Å². The Balaban J connectivity index is 1.99. The van der Waals surface area contributed by atoms with E-state index in [2.05, 4.69) is 10.1 Å². The van der Waals surface area contributed by atoms with Crippen LogP contribution in [-0.2, 0) is 4.79 Å². The first-order valence-corrected chi connectivity index (χ1v) is 6.23. The molecular formula is C14H15N3O3. The quantitative estimate of drug-likeness (QED) is 0.815.